The number of fused-ring (bicyclic) bond motifs is 2. The Morgan fingerprint density at radius 3 is 2.21 bits per heavy atom. The predicted octanol–water partition coefficient (Wildman–Crippen LogP) is 4.91. The number of anilines is 2. The summed E-state index contributed by atoms with van der Waals surface area (Å²) in [6.45, 7) is 2.04. The second-order valence-corrected chi connectivity index (χ2v) is 8.47. The Bertz CT molecular complexity index is 1090. The third-order valence-electron chi connectivity index (χ3n) is 5.05. The van der Waals surface area contributed by atoms with Crippen LogP contribution >= 0.6 is 0 Å². The number of ether oxygens (including phenoxy) is 1. The average Bonchev–Trinajstić information content (AvgIpc) is 2.72. The summed E-state index contributed by atoms with van der Waals surface area (Å²) in [6, 6.07) is 18.8. The summed E-state index contributed by atoms with van der Waals surface area (Å²) in [5.41, 5.74) is 3.50. The molecule has 2 heterocycles. The van der Waals surface area contributed by atoms with Gasteiger partial charge in [-0.15, -0.1) is 0 Å². The van der Waals surface area contributed by atoms with Gasteiger partial charge in [0.05, 0.1) is 28.9 Å². The van der Waals surface area contributed by atoms with Gasteiger partial charge >= 0.3 is 0 Å². The highest BCUT2D eigenvalue weighted by atomic mass is 32.2. The van der Waals surface area contributed by atoms with Crippen LogP contribution in [0.5, 0.6) is 11.5 Å². The highest BCUT2D eigenvalue weighted by molar-refractivity contribution is 7.85. The molecule has 0 saturated heterocycles. The van der Waals surface area contributed by atoms with E-state index in [4.69, 9.17) is 4.74 Å². The van der Waals surface area contributed by atoms with Gasteiger partial charge in [-0.05, 0) is 48.7 Å². The SMILES string of the molecule is CCc1cccnc1C(CCS(=O)(=O)O)N1c2ccccc2Oc2ccccc21. The number of para-hydroxylation sites is 4. The van der Waals surface area contributed by atoms with Crippen molar-refractivity contribution in [1.82, 2.24) is 4.98 Å². The van der Waals surface area contributed by atoms with Crippen molar-refractivity contribution in [3.63, 3.8) is 0 Å². The summed E-state index contributed by atoms with van der Waals surface area (Å²) in [5, 5.41) is 0. The van der Waals surface area contributed by atoms with Gasteiger partial charge in [-0.1, -0.05) is 37.3 Å². The molecule has 6 nitrogen and oxygen atoms in total. The lowest BCUT2D eigenvalue weighted by Gasteiger charge is -2.38. The largest absolute Gasteiger partial charge is 0.453 e. The number of pyridine rings is 1. The Labute approximate surface area is 170 Å². The molecule has 1 aliphatic rings. The van der Waals surface area contributed by atoms with E-state index in [0.717, 1.165) is 29.1 Å². The molecule has 0 aliphatic carbocycles. The summed E-state index contributed by atoms with van der Waals surface area (Å²) >= 11 is 0. The van der Waals surface area contributed by atoms with Crippen LogP contribution in [0, 0.1) is 0 Å². The summed E-state index contributed by atoms with van der Waals surface area (Å²) in [4.78, 5) is 6.68. The van der Waals surface area contributed by atoms with Gasteiger partial charge in [-0.2, -0.15) is 8.42 Å². The number of hydrogen-bond acceptors (Lipinski definition) is 5. The minimum Gasteiger partial charge on any atom is -0.453 e. The second-order valence-electron chi connectivity index (χ2n) is 6.90. The predicted molar refractivity (Wildman–Crippen MR) is 112 cm³/mol. The van der Waals surface area contributed by atoms with Crippen LogP contribution in [0.2, 0.25) is 0 Å². The third-order valence-corrected chi connectivity index (χ3v) is 5.80. The molecule has 29 heavy (non-hydrogen) atoms. The van der Waals surface area contributed by atoms with Crippen molar-refractivity contribution in [3.8, 4) is 11.5 Å². The van der Waals surface area contributed by atoms with Crippen LogP contribution < -0.4 is 9.64 Å². The molecule has 0 bridgehead atoms. The molecule has 0 radical (unpaired) electrons. The minimum atomic E-state index is -4.13. The number of rotatable bonds is 6. The zero-order chi connectivity index (χ0) is 20.4. The topological polar surface area (TPSA) is 79.7 Å². The average molecular weight is 410 g/mol. The van der Waals surface area contributed by atoms with Crippen molar-refractivity contribution in [2.24, 2.45) is 0 Å². The Morgan fingerprint density at radius 2 is 1.62 bits per heavy atom. The molecule has 4 rings (SSSR count). The molecular weight excluding hydrogens is 388 g/mol. The van der Waals surface area contributed by atoms with Crippen LogP contribution in [0.1, 0.15) is 30.6 Å². The Morgan fingerprint density at radius 1 is 1.00 bits per heavy atom. The summed E-state index contributed by atoms with van der Waals surface area (Å²) in [7, 11) is -4.13. The van der Waals surface area contributed by atoms with Crippen molar-refractivity contribution in [3.05, 3.63) is 78.1 Å². The number of hydrogen-bond donors (Lipinski definition) is 1. The molecule has 1 aliphatic heterocycles. The number of aryl methyl sites for hydroxylation is 1. The lowest BCUT2D eigenvalue weighted by molar-refractivity contribution is 0.460. The van der Waals surface area contributed by atoms with Crippen LogP contribution in [0.15, 0.2) is 66.9 Å². The molecule has 1 unspecified atom stereocenters. The summed E-state index contributed by atoms with van der Waals surface area (Å²) in [6.07, 6.45) is 2.66. The second kappa shape index (κ2) is 7.85. The molecule has 0 amide bonds. The first-order valence-electron chi connectivity index (χ1n) is 9.52. The lowest BCUT2D eigenvalue weighted by atomic mass is 9.99. The van der Waals surface area contributed by atoms with Crippen LogP contribution in [-0.4, -0.2) is 23.7 Å². The van der Waals surface area contributed by atoms with Crippen molar-refractivity contribution in [1.29, 1.82) is 0 Å². The molecule has 150 valence electrons. The van der Waals surface area contributed by atoms with Gasteiger partial charge in [-0.25, -0.2) is 0 Å². The van der Waals surface area contributed by atoms with E-state index in [2.05, 4.69) is 9.88 Å². The van der Waals surface area contributed by atoms with E-state index in [-0.39, 0.29) is 18.2 Å². The molecule has 2 aromatic carbocycles. The van der Waals surface area contributed by atoms with Gasteiger partial charge in [-0.3, -0.25) is 9.54 Å². The summed E-state index contributed by atoms with van der Waals surface area (Å²) < 4.78 is 38.7. The van der Waals surface area contributed by atoms with Gasteiger partial charge in [0.2, 0.25) is 0 Å². The first-order chi connectivity index (χ1) is 14.0. The maximum absolute atomic E-state index is 11.6. The molecule has 1 aromatic heterocycles. The van der Waals surface area contributed by atoms with Crippen molar-refractivity contribution in [2.45, 2.75) is 25.8 Å². The Kier molecular flexibility index (Phi) is 5.25. The van der Waals surface area contributed by atoms with Crippen molar-refractivity contribution in [2.75, 3.05) is 10.7 Å². The van der Waals surface area contributed by atoms with Gasteiger partial charge in [0.15, 0.2) is 11.5 Å². The first kappa shape index (κ1) is 19.4. The maximum atomic E-state index is 11.6. The fraction of sp³-hybridized carbons (Fsp3) is 0.227. The minimum absolute atomic E-state index is 0.186. The lowest BCUT2D eigenvalue weighted by Crippen LogP contribution is -2.30. The number of nitrogens with zero attached hydrogens (tertiary/aromatic N) is 2. The number of aromatic nitrogens is 1. The molecule has 0 spiro atoms. The highest BCUT2D eigenvalue weighted by Gasteiger charge is 2.33. The first-order valence-corrected chi connectivity index (χ1v) is 11.1. The molecular formula is C22H22N2O4S. The third kappa shape index (κ3) is 3.97. The van der Waals surface area contributed by atoms with Gasteiger partial charge in [0.1, 0.15) is 0 Å². The van der Waals surface area contributed by atoms with E-state index in [1.807, 2.05) is 67.6 Å². The van der Waals surface area contributed by atoms with Gasteiger partial charge in [0.25, 0.3) is 10.1 Å². The van der Waals surface area contributed by atoms with E-state index >= 15 is 0 Å². The zero-order valence-electron chi connectivity index (χ0n) is 16.0. The summed E-state index contributed by atoms with van der Waals surface area (Å²) in [5.74, 6) is 1.02. The monoisotopic (exact) mass is 410 g/mol. The maximum Gasteiger partial charge on any atom is 0.264 e. The van der Waals surface area contributed by atoms with Crippen molar-refractivity contribution < 1.29 is 17.7 Å². The van der Waals surface area contributed by atoms with Gasteiger partial charge < -0.3 is 9.64 Å². The fourth-order valence-electron chi connectivity index (χ4n) is 3.77. The molecule has 7 heteroatoms. The Hall–Kier alpha value is -2.90. The van der Waals surface area contributed by atoms with Crippen molar-refractivity contribution >= 4 is 21.5 Å². The van der Waals surface area contributed by atoms with Crippen LogP contribution in [0.4, 0.5) is 11.4 Å². The van der Waals surface area contributed by atoms with E-state index in [1.165, 1.54) is 0 Å². The van der Waals surface area contributed by atoms with Crippen LogP contribution in [-0.2, 0) is 16.5 Å². The molecule has 1 N–H and O–H groups in total. The van der Waals surface area contributed by atoms with Crippen LogP contribution in [0.25, 0.3) is 0 Å². The zero-order valence-corrected chi connectivity index (χ0v) is 16.8. The highest BCUT2D eigenvalue weighted by Crippen LogP contribution is 2.50. The van der Waals surface area contributed by atoms with Gasteiger partial charge in [0, 0.05) is 6.20 Å². The molecule has 1 atom stereocenters. The standard InChI is InChI=1S/C22H22N2O4S/c1-2-16-8-7-14-23-22(16)19(13-15-29(25,26)27)24-17-9-3-5-11-20(17)28-21-12-6-4-10-18(21)24/h3-12,14,19H,2,13,15H2,1H3,(H,25,26,27). The normalized spacial score (nSPS) is 13.9. The quantitative estimate of drug-likeness (QED) is 0.582. The smallest absolute Gasteiger partial charge is 0.264 e. The van der Waals surface area contributed by atoms with E-state index in [1.54, 1.807) is 6.20 Å². The van der Waals surface area contributed by atoms with E-state index < -0.39 is 10.1 Å². The van der Waals surface area contributed by atoms with E-state index in [0.29, 0.717) is 11.5 Å². The Balaban J connectivity index is 1.90. The van der Waals surface area contributed by atoms with Crippen LogP contribution in [0.3, 0.4) is 0 Å². The molecule has 0 fully saturated rings. The number of benzene rings is 2. The molecule has 3 aromatic rings. The van der Waals surface area contributed by atoms with E-state index in [9.17, 15) is 13.0 Å². The fourth-order valence-corrected chi connectivity index (χ4v) is 4.29. The molecule has 0 saturated carbocycles.